The molecule has 2 amide bonds. The van der Waals surface area contributed by atoms with Crippen LogP contribution in [-0.4, -0.2) is 45.0 Å². The zero-order chi connectivity index (χ0) is 19.4. The molecule has 0 atom stereocenters. The number of halogens is 1. The number of anilines is 2. The third kappa shape index (κ3) is 4.83. The predicted molar refractivity (Wildman–Crippen MR) is 108 cm³/mol. The number of rotatable bonds is 5. The fourth-order valence-corrected chi connectivity index (χ4v) is 2.47. The summed E-state index contributed by atoms with van der Waals surface area (Å²) in [5.41, 5.74) is 8.10. The van der Waals surface area contributed by atoms with Crippen LogP contribution in [-0.2, 0) is 0 Å². The monoisotopic (exact) mass is 393 g/mol. The fourth-order valence-electron chi connectivity index (χ4n) is 2.47. The van der Waals surface area contributed by atoms with Crippen molar-refractivity contribution < 1.29 is 19.1 Å². The average molecular weight is 394 g/mol. The van der Waals surface area contributed by atoms with Crippen molar-refractivity contribution in [3.63, 3.8) is 0 Å². The summed E-state index contributed by atoms with van der Waals surface area (Å²) in [6.07, 6.45) is 0. The molecule has 27 heavy (non-hydrogen) atoms. The average Bonchev–Trinajstić information content (AvgIpc) is 2.62. The van der Waals surface area contributed by atoms with E-state index in [1.54, 1.807) is 44.4 Å². The number of amides is 2. The Labute approximate surface area is 164 Å². The maximum Gasteiger partial charge on any atom is 0.256 e. The molecule has 0 unspecified atom stereocenters. The highest BCUT2D eigenvalue weighted by Gasteiger charge is 2.21. The summed E-state index contributed by atoms with van der Waals surface area (Å²) >= 11 is 0. The molecule has 0 bridgehead atoms. The van der Waals surface area contributed by atoms with Gasteiger partial charge in [0.05, 0.1) is 25.5 Å². The van der Waals surface area contributed by atoms with Gasteiger partial charge in [-0.2, -0.15) is 0 Å². The van der Waals surface area contributed by atoms with Crippen LogP contribution in [0.5, 0.6) is 11.5 Å². The van der Waals surface area contributed by atoms with Crippen molar-refractivity contribution in [2.24, 2.45) is 0 Å². The molecule has 146 valence electrons. The van der Waals surface area contributed by atoms with E-state index in [0.29, 0.717) is 34.0 Å². The smallest absolute Gasteiger partial charge is 0.256 e. The van der Waals surface area contributed by atoms with Crippen LogP contribution in [0.1, 0.15) is 26.3 Å². The highest BCUT2D eigenvalue weighted by Crippen LogP contribution is 2.34. The van der Waals surface area contributed by atoms with Gasteiger partial charge in [-0.05, 0) is 30.7 Å². The molecule has 0 fully saturated rings. The summed E-state index contributed by atoms with van der Waals surface area (Å²) < 4.78 is 10.5. The van der Waals surface area contributed by atoms with Gasteiger partial charge in [-0.15, -0.1) is 12.4 Å². The Morgan fingerprint density at radius 3 is 2.15 bits per heavy atom. The van der Waals surface area contributed by atoms with Crippen molar-refractivity contribution in [1.82, 2.24) is 4.90 Å². The summed E-state index contributed by atoms with van der Waals surface area (Å²) in [5, 5.41) is 2.78. The predicted octanol–water partition coefficient (Wildman–Crippen LogP) is 2.97. The van der Waals surface area contributed by atoms with Crippen LogP contribution in [0, 0.1) is 6.92 Å². The summed E-state index contributed by atoms with van der Waals surface area (Å²) in [5.74, 6) is 0.165. The maximum absolute atomic E-state index is 12.7. The molecule has 0 saturated carbocycles. The van der Waals surface area contributed by atoms with Gasteiger partial charge < -0.3 is 25.4 Å². The number of nitrogens with two attached hydrogens (primary N) is 1. The van der Waals surface area contributed by atoms with Crippen LogP contribution in [0.3, 0.4) is 0 Å². The van der Waals surface area contributed by atoms with Crippen LogP contribution in [0.2, 0.25) is 0 Å². The molecule has 0 heterocycles. The van der Waals surface area contributed by atoms with Gasteiger partial charge in [0, 0.05) is 31.4 Å². The van der Waals surface area contributed by atoms with E-state index < -0.39 is 0 Å². The summed E-state index contributed by atoms with van der Waals surface area (Å²) in [6.45, 7) is 1.81. The Bertz CT molecular complexity index is 853. The zero-order valence-electron chi connectivity index (χ0n) is 16.0. The Kier molecular flexibility index (Phi) is 7.48. The molecular weight excluding hydrogens is 370 g/mol. The molecular formula is C19H24ClN3O4. The van der Waals surface area contributed by atoms with Gasteiger partial charge in [0.25, 0.3) is 11.8 Å². The molecule has 0 aromatic heterocycles. The van der Waals surface area contributed by atoms with Crippen LogP contribution in [0.15, 0.2) is 30.3 Å². The molecule has 0 aliphatic carbocycles. The van der Waals surface area contributed by atoms with Crippen LogP contribution in [0.4, 0.5) is 11.4 Å². The second-order valence-electron chi connectivity index (χ2n) is 5.98. The number of aryl methyl sites for hydroxylation is 1. The molecule has 2 rings (SSSR count). The van der Waals surface area contributed by atoms with E-state index in [1.807, 2.05) is 6.92 Å². The van der Waals surface area contributed by atoms with E-state index >= 15 is 0 Å². The van der Waals surface area contributed by atoms with Gasteiger partial charge in [0.15, 0.2) is 11.5 Å². The van der Waals surface area contributed by atoms with Gasteiger partial charge in [-0.1, -0.05) is 6.07 Å². The second-order valence-corrected chi connectivity index (χ2v) is 5.98. The normalized spacial score (nSPS) is 9.81. The van der Waals surface area contributed by atoms with Crippen LogP contribution in [0.25, 0.3) is 0 Å². The van der Waals surface area contributed by atoms with Crippen molar-refractivity contribution >= 4 is 35.6 Å². The fraction of sp³-hybridized carbons (Fsp3) is 0.263. The third-order valence-electron chi connectivity index (χ3n) is 3.91. The van der Waals surface area contributed by atoms with Crippen molar-refractivity contribution in [1.29, 1.82) is 0 Å². The zero-order valence-corrected chi connectivity index (χ0v) is 16.8. The molecule has 0 spiro atoms. The quantitative estimate of drug-likeness (QED) is 0.761. The number of methoxy groups -OCH3 is 2. The Balaban J connectivity index is 0.00000364. The number of nitrogens with one attached hydrogen (secondary N) is 1. The lowest BCUT2D eigenvalue weighted by molar-refractivity contribution is 0.0828. The number of hydrogen-bond donors (Lipinski definition) is 2. The largest absolute Gasteiger partial charge is 0.493 e. The number of nitrogens with zero attached hydrogens (tertiary/aromatic N) is 1. The topological polar surface area (TPSA) is 93.9 Å². The van der Waals surface area contributed by atoms with Crippen molar-refractivity contribution in [2.75, 3.05) is 39.4 Å². The molecule has 0 radical (unpaired) electrons. The molecule has 2 aromatic rings. The Morgan fingerprint density at radius 1 is 1.00 bits per heavy atom. The molecule has 7 nitrogen and oxygen atoms in total. The molecule has 8 heteroatoms. The van der Waals surface area contributed by atoms with Crippen LogP contribution < -0.4 is 20.5 Å². The first-order valence-electron chi connectivity index (χ1n) is 7.93. The Hall–Kier alpha value is -2.93. The minimum absolute atomic E-state index is 0. The van der Waals surface area contributed by atoms with Gasteiger partial charge in [0.1, 0.15) is 0 Å². The van der Waals surface area contributed by atoms with Crippen molar-refractivity contribution in [3.05, 3.63) is 47.0 Å². The van der Waals surface area contributed by atoms with E-state index in [9.17, 15) is 9.59 Å². The maximum atomic E-state index is 12.7. The van der Waals surface area contributed by atoms with E-state index in [-0.39, 0.29) is 24.2 Å². The number of ether oxygens (including phenoxy) is 2. The molecule has 2 aromatic carbocycles. The summed E-state index contributed by atoms with van der Waals surface area (Å²) in [4.78, 5) is 26.7. The van der Waals surface area contributed by atoms with E-state index in [2.05, 4.69) is 5.32 Å². The third-order valence-corrected chi connectivity index (χ3v) is 3.91. The minimum atomic E-state index is -0.366. The minimum Gasteiger partial charge on any atom is -0.493 e. The molecule has 0 saturated heterocycles. The summed E-state index contributed by atoms with van der Waals surface area (Å²) in [6, 6.07) is 8.20. The first-order valence-corrected chi connectivity index (χ1v) is 7.93. The molecule has 3 N–H and O–H groups in total. The van der Waals surface area contributed by atoms with E-state index in [0.717, 1.165) is 5.56 Å². The highest BCUT2D eigenvalue weighted by atomic mass is 35.5. The first-order chi connectivity index (χ1) is 12.3. The lowest BCUT2D eigenvalue weighted by Gasteiger charge is -2.18. The first kappa shape index (κ1) is 22.1. The van der Waals surface area contributed by atoms with E-state index in [4.69, 9.17) is 15.2 Å². The van der Waals surface area contributed by atoms with Crippen molar-refractivity contribution in [2.45, 2.75) is 6.92 Å². The number of carbonyl (C=O) groups is 2. The molecule has 0 aliphatic heterocycles. The van der Waals surface area contributed by atoms with E-state index in [1.165, 1.54) is 19.1 Å². The Morgan fingerprint density at radius 2 is 1.59 bits per heavy atom. The number of carbonyl (C=O) groups excluding carboxylic acids is 2. The van der Waals surface area contributed by atoms with Gasteiger partial charge in [0.2, 0.25) is 0 Å². The standard InChI is InChI=1S/C19H23N3O4.ClH/c1-11-6-7-12(20)8-13(11)18(23)21-15-10-17(26-5)16(25-4)9-14(15)19(24)22(2)3;/h6-10H,20H2,1-5H3,(H,21,23);1H. The number of hydrogen-bond acceptors (Lipinski definition) is 5. The number of benzene rings is 2. The van der Waals surface area contributed by atoms with Gasteiger partial charge in [-0.25, -0.2) is 0 Å². The summed E-state index contributed by atoms with van der Waals surface area (Å²) in [7, 11) is 6.23. The lowest BCUT2D eigenvalue weighted by atomic mass is 10.1. The van der Waals surface area contributed by atoms with Crippen molar-refractivity contribution in [3.8, 4) is 11.5 Å². The lowest BCUT2D eigenvalue weighted by Crippen LogP contribution is -2.24. The SMILES string of the molecule is COc1cc(NC(=O)c2cc(N)ccc2C)c(C(=O)N(C)C)cc1OC.Cl. The van der Waals surface area contributed by atoms with Gasteiger partial charge in [-0.3, -0.25) is 9.59 Å². The van der Waals surface area contributed by atoms with Gasteiger partial charge >= 0.3 is 0 Å². The highest BCUT2D eigenvalue weighted by molar-refractivity contribution is 6.10. The molecule has 0 aliphatic rings. The number of nitrogen functional groups attached to an aromatic ring is 1. The van der Waals surface area contributed by atoms with Crippen LogP contribution >= 0.6 is 12.4 Å². The second kappa shape index (κ2) is 9.14.